The molecule has 2 aromatic carbocycles. The maximum absolute atomic E-state index is 12.6. The van der Waals surface area contributed by atoms with Gasteiger partial charge in [0.15, 0.2) is 0 Å². The van der Waals surface area contributed by atoms with Crippen molar-refractivity contribution in [3.8, 4) is 17.0 Å². The summed E-state index contributed by atoms with van der Waals surface area (Å²) in [4.78, 5) is 16.8. The first-order valence-electron chi connectivity index (χ1n) is 8.36. The number of hydrogen-bond donors (Lipinski definition) is 1. The van der Waals surface area contributed by atoms with Crippen molar-refractivity contribution in [2.75, 3.05) is 11.9 Å². The van der Waals surface area contributed by atoms with Gasteiger partial charge in [0.1, 0.15) is 5.69 Å². The van der Waals surface area contributed by atoms with Crippen LogP contribution in [0.3, 0.4) is 0 Å². The van der Waals surface area contributed by atoms with E-state index in [0.717, 1.165) is 6.42 Å². The molecule has 124 valence electrons. The van der Waals surface area contributed by atoms with Crippen LogP contribution in [0, 0.1) is 0 Å². The minimum Gasteiger partial charge on any atom is -0.476 e. The van der Waals surface area contributed by atoms with Gasteiger partial charge < -0.3 is 10.1 Å². The summed E-state index contributed by atoms with van der Waals surface area (Å²) in [5.74, 6) is 0.277. The molecule has 0 saturated carbocycles. The average Bonchev–Trinajstić information content (AvgIpc) is 3.01. The monoisotopic (exact) mass is 330 g/mol. The van der Waals surface area contributed by atoms with Crippen LogP contribution in [0.1, 0.15) is 28.4 Å². The first-order chi connectivity index (χ1) is 12.3. The van der Waals surface area contributed by atoms with Gasteiger partial charge >= 0.3 is 0 Å². The van der Waals surface area contributed by atoms with E-state index >= 15 is 0 Å². The van der Waals surface area contributed by atoms with E-state index in [9.17, 15) is 4.79 Å². The molecule has 1 heterocycles. The third-order valence-corrected chi connectivity index (χ3v) is 4.36. The van der Waals surface area contributed by atoms with Gasteiger partial charge in [-0.15, -0.1) is 0 Å². The molecule has 1 N–H and O–H groups in total. The highest BCUT2D eigenvalue weighted by Gasteiger charge is 2.19. The fraction of sp³-hybridized carbons (Fsp3) is 0.143. The first kappa shape index (κ1) is 15.4. The van der Waals surface area contributed by atoms with Gasteiger partial charge in [-0.1, -0.05) is 30.3 Å². The third kappa shape index (κ3) is 2.87. The molecule has 3 aromatic rings. The lowest BCUT2D eigenvalue weighted by Crippen LogP contribution is -2.13. The summed E-state index contributed by atoms with van der Waals surface area (Å²) in [7, 11) is 0. The molecule has 0 fully saturated rings. The lowest BCUT2D eigenvalue weighted by Gasteiger charge is -2.10. The highest BCUT2D eigenvalue weighted by molar-refractivity contribution is 6.05. The highest BCUT2D eigenvalue weighted by Crippen LogP contribution is 2.36. The molecule has 1 aliphatic carbocycles. The Morgan fingerprint density at radius 2 is 1.92 bits per heavy atom. The fourth-order valence-corrected chi connectivity index (χ4v) is 3.22. The number of carbonyl (C=O) groups excluding carboxylic acids is 1. The summed E-state index contributed by atoms with van der Waals surface area (Å²) in [5.41, 5.74) is 6.18. The summed E-state index contributed by atoms with van der Waals surface area (Å²) < 4.78 is 5.46. The van der Waals surface area contributed by atoms with Gasteiger partial charge in [-0.25, -0.2) is 4.98 Å². The maximum Gasteiger partial charge on any atom is 0.255 e. The Morgan fingerprint density at radius 3 is 2.80 bits per heavy atom. The number of anilines is 1. The molecule has 0 unspecified atom stereocenters. The summed E-state index contributed by atoms with van der Waals surface area (Å²) >= 11 is 0. The van der Waals surface area contributed by atoms with Gasteiger partial charge in [0, 0.05) is 11.8 Å². The van der Waals surface area contributed by atoms with Crippen LogP contribution in [0.25, 0.3) is 11.1 Å². The highest BCUT2D eigenvalue weighted by atomic mass is 16.5. The van der Waals surface area contributed by atoms with Gasteiger partial charge in [0.25, 0.3) is 5.91 Å². The molecule has 0 bridgehead atoms. The standard InChI is InChI=1S/C21H18N2O2/c1-2-25-21-19(8-5-11-22-21)23-20(24)15-9-10-18-16(13-15)12-14-6-3-4-7-17(14)18/h3-11,13H,2,12H2,1H3,(H,23,24). The predicted molar refractivity (Wildman–Crippen MR) is 98.0 cm³/mol. The first-order valence-corrected chi connectivity index (χ1v) is 8.36. The van der Waals surface area contributed by atoms with Crippen LogP contribution < -0.4 is 10.1 Å². The second-order valence-electron chi connectivity index (χ2n) is 5.95. The molecule has 4 nitrogen and oxygen atoms in total. The number of benzene rings is 2. The number of aromatic nitrogens is 1. The van der Waals surface area contributed by atoms with E-state index in [-0.39, 0.29) is 5.91 Å². The van der Waals surface area contributed by atoms with Crippen molar-refractivity contribution in [3.63, 3.8) is 0 Å². The average molecular weight is 330 g/mol. The second-order valence-corrected chi connectivity index (χ2v) is 5.95. The van der Waals surface area contributed by atoms with Crippen molar-refractivity contribution in [3.05, 3.63) is 77.5 Å². The third-order valence-electron chi connectivity index (χ3n) is 4.36. The zero-order chi connectivity index (χ0) is 17.2. The summed E-state index contributed by atoms with van der Waals surface area (Å²) in [6.07, 6.45) is 2.51. The Hall–Kier alpha value is -3.14. The van der Waals surface area contributed by atoms with Crippen LogP contribution in [-0.4, -0.2) is 17.5 Å². The number of rotatable bonds is 4. The van der Waals surface area contributed by atoms with Gasteiger partial charge in [-0.3, -0.25) is 4.79 Å². The number of amides is 1. The number of fused-ring (bicyclic) bond motifs is 3. The summed E-state index contributed by atoms with van der Waals surface area (Å²) in [5, 5.41) is 2.90. The topological polar surface area (TPSA) is 51.2 Å². The molecule has 4 rings (SSSR count). The van der Waals surface area contributed by atoms with Crippen LogP contribution >= 0.6 is 0 Å². The van der Waals surface area contributed by atoms with Crippen molar-refractivity contribution in [1.29, 1.82) is 0 Å². The van der Waals surface area contributed by atoms with Crippen LogP contribution in [0.15, 0.2) is 60.8 Å². The Kier molecular flexibility index (Phi) is 3.94. The van der Waals surface area contributed by atoms with Gasteiger partial charge in [0.05, 0.1) is 6.61 Å². The summed E-state index contributed by atoms with van der Waals surface area (Å²) in [6, 6.07) is 17.8. The van der Waals surface area contributed by atoms with E-state index in [2.05, 4.69) is 28.5 Å². The van der Waals surface area contributed by atoms with E-state index in [1.54, 1.807) is 18.3 Å². The number of nitrogens with one attached hydrogen (secondary N) is 1. The fourth-order valence-electron chi connectivity index (χ4n) is 3.22. The zero-order valence-electron chi connectivity index (χ0n) is 14.0. The molecule has 1 aliphatic rings. The molecule has 4 heteroatoms. The quantitative estimate of drug-likeness (QED) is 0.607. The molecule has 0 aliphatic heterocycles. The second kappa shape index (κ2) is 6.40. The molecule has 25 heavy (non-hydrogen) atoms. The number of hydrogen-bond acceptors (Lipinski definition) is 3. The lowest BCUT2D eigenvalue weighted by molar-refractivity contribution is 0.102. The van der Waals surface area contributed by atoms with E-state index in [0.29, 0.717) is 23.7 Å². The largest absolute Gasteiger partial charge is 0.476 e. The minimum absolute atomic E-state index is 0.160. The number of carbonyl (C=O) groups is 1. The molecule has 1 aromatic heterocycles. The van der Waals surface area contributed by atoms with Crippen LogP contribution in [0.5, 0.6) is 5.88 Å². The van der Waals surface area contributed by atoms with Crippen LogP contribution in [0.2, 0.25) is 0 Å². The molecule has 0 spiro atoms. The SMILES string of the molecule is CCOc1ncccc1NC(=O)c1ccc2c(c1)Cc1ccccc1-2. The van der Waals surface area contributed by atoms with E-state index in [1.165, 1.54) is 22.3 Å². The predicted octanol–water partition coefficient (Wildman–Crippen LogP) is 4.30. The normalized spacial score (nSPS) is 11.6. The summed E-state index contributed by atoms with van der Waals surface area (Å²) in [6.45, 7) is 2.38. The molecule has 1 amide bonds. The zero-order valence-corrected chi connectivity index (χ0v) is 14.0. The maximum atomic E-state index is 12.6. The van der Waals surface area contributed by atoms with Gasteiger partial charge in [-0.2, -0.15) is 0 Å². The Morgan fingerprint density at radius 1 is 1.08 bits per heavy atom. The van der Waals surface area contributed by atoms with Gasteiger partial charge in [0.2, 0.25) is 5.88 Å². The molecule has 0 radical (unpaired) electrons. The number of nitrogens with zero attached hydrogens (tertiary/aromatic N) is 1. The van der Waals surface area contributed by atoms with Crippen LogP contribution in [-0.2, 0) is 6.42 Å². The molecular formula is C21H18N2O2. The Balaban J connectivity index is 1.60. The Labute approximate surface area is 146 Å². The number of ether oxygens (including phenoxy) is 1. The van der Waals surface area contributed by atoms with Crippen molar-refractivity contribution in [2.45, 2.75) is 13.3 Å². The smallest absolute Gasteiger partial charge is 0.255 e. The molecule has 0 saturated heterocycles. The van der Waals surface area contributed by atoms with Crippen molar-refractivity contribution >= 4 is 11.6 Å². The van der Waals surface area contributed by atoms with E-state index in [4.69, 9.17) is 4.74 Å². The van der Waals surface area contributed by atoms with E-state index in [1.807, 2.05) is 31.2 Å². The molecule has 0 atom stereocenters. The lowest BCUT2D eigenvalue weighted by atomic mass is 10.0. The number of pyridine rings is 1. The van der Waals surface area contributed by atoms with Crippen molar-refractivity contribution in [2.24, 2.45) is 0 Å². The minimum atomic E-state index is -0.160. The van der Waals surface area contributed by atoms with Crippen molar-refractivity contribution in [1.82, 2.24) is 4.98 Å². The van der Waals surface area contributed by atoms with E-state index < -0.39 is 0 Å². The van der Waals surface area contributed by atoms with Crippen LogP contribution in [0.4, 0.5) is 5.69 Å². The van der Waals surface area contributed by atoms with Crippen molar-refractivity contribution < 1.29 is 9.53 Å². The molecular weight excluding hydrogens is 312 g/mol. The van der Waals surface area contributed by atoms with Gasteiger partial charge in [-0.05, 0) is 59.9 Å². The Bertz CT molecular complexity index is 950.